The molecule has 0 spiro atoms. The number of hydrogen-bond acceptors (Lipinski definition) is 7. The molecule has 1 atom stereocenters. The molecule has 7 nitrogen and oxygen atoms in total. The van der Waals surface area contributed by atoms with Crippen molar-refractivity contribution in [1.29, 1.82) is 0 Å². The summed E-state index contributed by atoms with van der Waals surface area (Å²) in [7, 11) is 1.55. The molecule has 15 heavy (non-hydrogen) atoms. The van der Waals surface area contributed by atoms with Gasteiger partial charge in [-0.2, -0.15) is 9.97 Å². The van der Waals surface area contributed by atoms with Crippen molar-refractivity contribution in [3.63, 3.8) is 0 Å². The lowest BCUT2D eigenvalue weighted by Gasteiger charge is -2.15. The molecule has 0 bridgehead atoms. The minimum absolute atomic E-state index is 0.0718. The van der Waals surface area contributed by atoms with Crippen LogP contribution in [0.4, 0.5) is 17.6 Å². The SMILES string of the molecule is COCC(CO)Nc1cc(N)nc(N)n1. The number of nitrogen functional groups attached to an aromatic ring is 2. The molecule has 0 aliphatic carbocycles. The number of hydrogen-bond donors (Lipinski definition) is 4. The highest BCUT2D eigenvalue weighted by molar-refractivity contribution is 5.48. The van der Waals surface area contributed by atoms with Gasteiger partial charge in [0.15, 0.2) is 0 Å². The number of methoxy groups -OCH3 is 1. The fourth-order valence-electron chi connectivity index (χ4n) is 1.11. The Bertz CT molecular complexity index is 300. The van der Waals surface area contributed by atoms with Crippen molar-refractivity contribution in [2.24, 2.45) is 0 Å². The molecular formula is C8H15N5O2. The van der Waals surface area contributed by atoms with Crippen LogP contribution in [-0.4, -0.2) is 41.4 Å². The molecule has 1 unspecified atom stereocenters. The van der Waals surface area contributed by atoms with Crippen molar-refractivity contribution in [3.05, 3.63) is 6.07 Å². The lowest BCUT2D eigenvalue weighted by Crippen LogP contribution is -2.29. The third-order valence-electron chi connectivity index (χ3n) is 1.70. The maximum absolute atomic E-state index is 9.01. The second-order valence-electron chi connectivity index (χ2n) is 3.02. The van der Waals surface area contributed by atoms with Gasteiger partial charge in [-0.3, -0.25) is 0 Å². The second-order valence-corrected chi connectivity index (χ2v) is 3.02. The summed E-state index contributed by atoms with van der Waals surface area (Å²) in [5, 5.41) is 11.9. The van der Waals surface area contributed by atoms with E-state index in [-0.39, 0.29) is 24.4 Å². The fraction of sp³-hybridized carbons (Fsp3) is 0.500. The molecule has 0 fully saturated rings. The number of aliphatic hydroxyl groups excluding tert-OH is 1. The molecule has 1 heterocycles. The molecule has 0 aromatic carbocycles. The molecule has 1 rings (SSSR count). The molecule has 0 saturated carbocycles. The first-order valence-electron chi connectivity index (χ1n) is 4.42. The summed E-state index contributed by atoms with van der Waals surface area (Å²) in [6.07, 6.45) is 0. The van der Waals surface area contributed by atoms with Crippen LogP contribution < -0.4 is 16.8 Å². The summed E-state index contributed by atoms with van der Waals surface area (Å²) >= 11 is 0. The van der Waals surface area contributed by atoms with Gasteiger partial charge in [-0.1, -0.05) is 0 Å². The van der Waals surface area contributed by atoms with Crippen LogP contribution >= 0.6 is 0 Å². The zero-order valence-electron chi connectivity index (χ0n) is 8.47. The van der Waals surface area contributed by atoms with Crippen molar-refractivity contribution in [3.8, 4) is 0 Å². The molecule has 0 saturated heterocycles. The minimum atomic E-state index is -0.247. The first kappa shape index (κ1) is 11.5. The average molecular weight is 213 g/mol. The third-order valence-corrected chi connectivity index (χ3v) is 1.70. The quantitative estimate of drug-likeness (QED) is 0.498. The van der Waals surface area contributed by atoms with Gasteiger partial charge in [-0.05, 0) is 0 Å². The minimum Gasteiger partial charge on any atom is -0.394 e. The Morgan fingerprint density at radius 2 is 2.27 bits per heavy atom. The summed E-state index contributed by atoms with van der Waals surface area (Å²) in [5.41, 5.74) is 10.9. The summed E-state index contributed by atoms with van der Waals surface area (Å²) in [5.74, 6) is 0.835. The van der Waals surface area contributed by atoms with Crippen LogP contribution in [0.25, 0.3) is 0 Å². The Balaban J connectivity index is 2.69. The van der Waals surface area contributed by atoms with Crippen LogP contribution in [0.15, 0.2) is 6.07 Å². The van der Waals surface area contributed by atoms with E-state index in [1.165, 1.54) is 6.07 Å². The standard InChI is InChI=1S/C8H15N5O2/c1-15-4-5(3-14)11-7-2-6(9)12-8(10)13-7/h2,5,14H,3-4H2,1H3,(H5,9,10,11,12,13). The maximum Gasteiger partial charge on any atom is 0.223 e. The van der Waals surface area contributed by atoms with Crippen molar-refractivity contribution < 1.29 is 9.84 Å². The number of nitrogens with zero attached hydrogens (tertiary/aromatic N) is 2. The molecule has 0 aliphatic rings. The van der Waals surface area contributed by atoms with E-state index in [2.05, 4.69) is 15.3 Å². The number of anilines is 3. The summed E-state index contributed by atoms with van der Waals surface area (Å²) in [6, 6.07) is 1.29. The van der Waals surface area contributed by atoms with E-state index in [0.29, 0.717) is 12.4 Å². The van der Waals surface area contributed by atoms with Gasteiger partial charge in [0, 0.05) is 13.2 Å². The third kappa shape index (κ3) is 3.56. The van der Waals surface area contributed by atoms with Crippen LogP contribution in [0.5, 0.6) is 0 Å². The Morgan fingerprint density at radius 3 is 2.80 bits per heavy atom. The summed E-state index contributed by atoms with van der Waals surface area (Å²) < 4.78 is 4.90. The predicted molar refractivity (Wildman–Crippen MR) is 57.2 cm³/mol. The van der Waals surface area contributed by atoms with Crippen molar-refractivity contribution in [2.45, 2.75) is 6.04 Å². The first-order valence-corrected chi connectivity index (χ1v) is 4.42. The Labute approximate surface area is 87.5 Å². The van der Waals surface area contributed by atoms with Crippen LogP contribution in [0.1, 0.15) is 0 Å². The Morgan fingerprint density at radius 1 is 1.53 bits per heavy atom. The summed E-state index contributed by atoms with van der Waals surface area (Å²) in [4.78, 5) is 7.64. The number of nitrogens with two attached hydrogens (primary N) is 2. The zero-order chi connectivity index (χ0) is 11.3. The molecule has 6 N–H and O–H groups in total. The van der Waals surface area contributed by atoms with Gasteiger partial charge < -0.3 is 26.6 Å². The normalized spacial score (nSPS) is 12.4. The average Bonchev–Trinajstić information content (AvgIpc) is 2.15. The molecule has 7 heteroatoms. The van der Waals surface area contributed by atoms with E-state index < -0.39 is 0 Å². The lowest BCUT2D eigenvalue weighted by molar-refractivity contribution is 0.153. The van der Waals surface area contributed by atoms with Crippen molar-refractivity contribution >= 4 is 17.6 Å². The van der Waals surface area contributed by atoms with Crippen LogP contribution in [0, 0.1) is 0 Å². The van der Waals surface area contributed by atoms with Gasteiger partial charge in [0.25, 0.3) is 0 Å². The van der Waals surface area contributed by atoms with E-state index in [9.17, 15) is 0 Å². The van der Waals surface area contributed by atoms with Gasteiger partial charge in [0.1, 0.15) is 11.6 Å². The van der Waals surface area contributed by atoms with E-state index in [1.54, 1.807) is 7.11 Å². The monoisotopic (exact) mass is 213 g/mol. The summed E-state index contributed by atoms with van der Waals surface area (Å²) in [6.45, 7) is 0.290. The van der Waals surface area contributed by atoms with E-state index >= 15 is 0 Å². The van der Waals surface area contributed by atoms with E-state index in [0.717, 1.165) is 0 Å². The lowest BCUT2D eigenvalue weighted by atomic mass is 10.3. The fourth-order valence-corrected chi connectivity index (χ4v) is 1.11. The molecule has 0 aliphatic heterocycles. The van der Waals surface area contributed by atoms with Gasteiger partial charge >= 0.3 is 0 Å². The van der Waals surface area contributed by atoms with Crippen molar-refractivity contribution in [1.82, 2.24) is 9.97 Å². The van der Waals surface area contributed by atoms with Gasteiger partial charge in [0.05, 0.1) is 19.3 Å². The highest BCUT2D eigenvalue weighted by Gasteiger charge is 2.08. The van der Waals surface area contributed by atoms with Crippen molar-refractivity contribution in [2.75, 3.05) is 37.1 Å². The molecule has 84 valence electrons. The topological polar surface area (TPSA) is 119 Å². The van der Waals surface area contributed by atoms with Gasteiger partial charge in [0.2, 0.25) is 5.95 Å². The molecule has 1 aromatic heterocycles. The smallest absolute Gasteiger partial charge is 0.223 e. The largest absolute Gasteiger partial charge is 0.394 e. The number of aliphatic hydroxyl groups is 1. The molecular weight excluding hydrogens is 198 g/mol. The number of aromatic nitrogens is 2. The van der Waals surface area contributed by atoms with E-state index in [4.69, 9.17) is 21.3 Å². The maximum atomic E-state index is 9.01. The zero-order valence-corrected chi connectivity index (χ0v) is 8.47. The van der Waals surface area contributed by atoms with Crippen LogP contribution in [0.3, 0.4) is 0 Å². The second kappa shape index (κ2) is 5.32. The highest BCUT2D eigenvalue weighted by atomic mass is 16.5. The van der Waals surface area contributed by atoms with E-state index in [1.807, 2.05) is 0 Å². The van der Waals surface area contributed by atoms with Gasteiger partial charge in [-0.25, -0.2) is 0 Å². The first-order chi connectivity index (χ1) is 7.15. The van der Waals surface area contributed by atoms with Crippen LogP contribution in [-0.2, 0) is 4.74 Å². The molecule has 1 aromatic rings. The van der Waals surface area contributed by atoms with Gasteiger partial charge in [-0.15, -0.1) is 0 Å². The number of rotatable bonds is 5. The highest BCUT2D eigenvalue weighted by Crippen LogP contribution is 2.10. The number of ether oxygens (including phenoxy) is 1. The Kier molecular flexibility index (Phi) is 4.07. The Hall–Kier alpha value is -1.60. The molecule has 0 radical (unpaired) electrons. The number of nitrogens with one attached hydrogen (secondary N) is 1. The van der Waals surface area contributed by atoms with Crippen LogP contribution in [0.2, 0.25) is 0 Å². The molecule has 0 amide bonds. The predicted octanol–water partition coefficient (Wildman–Crippen LogP) is -0.940.